The molecule has 0 bridgehead atoms. The molecule has 12 rings (SSSR count). The summed E-state index contributed by atoms with van der Waals surface area (Å²) in [7, 11) is 0. The van der Waals surface area contributed by atoms with Crippen molar-refractivity contribution < 1.29 is 8.83 Å². The number of hydrogen-bond acceptors (Lipinski definition) is 5. The maximum absolute atomic E-state index is 6.51. The summed E-state index contributed by atoms with van der Waals surface area (Å²) in [6.45, 7) is 0. The Kier molecular flexibility index (Phi) is 6.83. The normalized spacial score (nSPS) is 11.9. The average molecular weight is 731 g/mol. The lowest BCUT2D eigenvalue weighted by atomic mass is 10.0. The van der Waals surface area contributed by atoms with Crippen molar-refractivity contribution in [2.75, 3.05) is 0 Å². The number of rotatable bonds is 5. The van der Waals surface area contributed by atoms with Gasteiger partial charge in [-0.05, 0) is 77.9 Å². The first kappa shape index (κ1) is 31.5. The van der Waals surface area contributed by atoms with Gasteiger partial charge in [0.25, 0.3) is 0 Å². The predicted octanol–water partition coefficient (Wildman–Crippen LogP) is 13.4. The Balaban J connectivity index is 0.975. The topological polar surface area (TPSA) is 69.9 Å². The number of hydrogen-bond donors (Lipinski definition) is 0. The molecular formula is C51H30N4O2. The van der Waals surface area contributed by atoms with Crippen LogP contribution in [-0.4, -0.2) is 19.5 Å². The molecule has 0 unspecified atom stereocenters. The summed E-state index contributed by atoms with van der Waals surface area (Å²) in [4.78, 5) is 14.8. The summed E-state index contributed by atoms with van der Waals surface area (Å²) in [6, 6.07) is 62.7. The summed E-state index contributed by atoms with van der Waals surface area (Å²) in [6.07, 6.45) is 0. The molecule has 12 aromatic rings. The standard InChI is InChI=1S/C51H30N4O2/c1-3-12-31(13-4-1)49-52-50(32-14-5-2-6-15-32)54-51(53-49)35-24-27-44-39(29-35)38-25-22-34(30-47(38)57-44)33-23-26-45-40(28-33)48-43(20-11-21-46(48)56-45)55-41-18-9-7-16-36(41)37-17-8-10-19-42(37)55/h1-30H. The van der Waals surface area contributed by atoms with Gasteiger partial charge in [-0.1, -0.05) is 115 Å². The zero-order chi connectivity index (χ0) is 37.5. The van der Waals surface area contributed by atoms with Crippen molar-refractivity contribution >= 4 is 65.7 Å². The molecule has 0 saturated carbocycles. The molecule has 6 nitrogen and oxygen atoms in total. The van der Waals surface area contributed by atoms with E-state index in [0.717, 1.165) is 77.4 Å². The molecule has 0 atom stereocenters. The van der Waals surface area contributed by atoms with Crippen molar-refractivity contribution in [1.82, 2.24) is 19.5 Å². The van der Waals surface area contributed by atoms with Gasteiger partial charge in [0, 0.05) is 43.6 Å². The van der Waals surface area contributed by atoms with E-state index in [0.29, 0.717) is 17.5 Å². The van der Waals surface area contributed by atoms with Crippen LogP contribution in [0.5, 0.6) is 0 Å². The van der Waals surface area contributed by atoms with Gasteiger partial charge in [-0.25, -0.2) is 15.0 Å². The Hall–Kier alpha value is -7.83. The highest BCUT2D eigenvalue weighted by atomic mass is 16.3. The minimum absolute atomic E-state index is 0.608. The van der Waals surface area contributed by atoms with Gasteiger partial charge in [0.1, 0.15) is 22.3 Å². The zero-order valence-corrected chi connectivity index (χ0v) is 30.4. The highest BCUT2D eigenvalue weighted by Gasteiger charge is 2.19. The van der Waals surface area contributed by atoms with Crippen LogP contribution in [0.3, 0.4) is 0 Å². The summed E-state index contributed by atoms with van der Waals surface area (Å²) in [5.74, 6) is 1.87. The van der Waals surface area contributed by atoms with Crippen molar-refractivity contribution in [2.45, 2.75) is 0 Å². The lowest BCUT2D eigenvalue weighted by molar-refractivity contribution is 0.669. The van der Waals surface area contributed by atoms with Gasteiger partial charge in [0.2, 0.25) is 0 Å². The van der Waals surface area contributed by atoms with Crippen molar-refractivity contribution in [3.8, 4) is 51.0 Å². The van der Waals surface area contributed by atoms with E-state index in [1.807, 2.05) is 72.8 Å². The van der Waals surface area contributed by atoms with E-state index in [4.69, 9.17) is 23.8 Å². The van der Waals surface area contributed by atoms with Crippen LogP contribution in [0.1, 0.15) is 0 Å². The van der Waals surface area contributed by atoms with E-state index >= 15 is 0 Å². The number of para-hydroxylation sites is 2. The third-order valence-corrected chi connectivity index (χ3v) is 11.1. The minimum atomic E-state index is 0.608. The molecule has 0 amide bonds. The predicted molar refractivity (Wildman–Crippen MR) is 230 cm³/mol. The third kappa shape index (κ3) is 5.01. The number of furan rings is 2. The van der Waals surface area contributed by atoms with Gasteiger partial charge in [0.15, 0.2) is 17.5 Å². The highest BCUT2D eigenvalue weighted by Crippen LogP contribution is 2.41. The first-order valence-corrected chi connectivity index (χ1v) is 19.0. The molecule has 4 aromatic heterocycles. The SMILES string of the molecule is c1ccc(-c2nc(-c3ccccc3)nc(-c3ccc4oc5cc(-c6ccc7oc8cccc(-n9c%10ccccc%10c%10ccccc%109)c8c7c6)ccc5c4c3)n2)cc1. The summed E-state index contributed by atoms with van der Waals surface area (Å²) in [5, 5.41) is 6.64. The molecule has 4 heterocycles. The van der Waals surface area contributed by atoms with Crippen molar-refractivity contribution in [3.63, 3.8) is 0 Å². The van der Waals surface area contributed by atoms with Gasteiger partial charge in [-0.2, -0.15) is 0 Å². The number of benzene rings is 8. The minimum Gasteiger partial charge on any atom is -0.456 e. The molecule has 57 heavy (non-hydrogen) atoms. The highest BCUT2D eigenvalue weighted by molar-refractivity contribution is 6.15. The first-order chi connectivity index (χ1) is 28.2. The first-order valence-electron chi connectivity index (χ1n) is 19.0. The van der Waals surface area contributed by atoms with E-state index < -0.39 is 0 Å². The maximum atomic E-state index is 6.51. The molecular weight excluding hydrogens is 701 g/mol. The molecule has 266 valence electrons. The number of aromatic nitrogens is 4. The Morgan fingerprint density at radius 1 is 0.316 bits per heavy atom. The number of fused-ring (bicyclic) bond motifs is 9. The number of nitrogens with zero attached hydrogens (tertiary/aromatic N) is 4. The fraction of sp³-hybridized carbons (Fsp3) is 0. The summed E-state index contributed by atoms with van der Waals surface area (Å²) in [5.41, 5.74) is 11.7. The van der Waals surface area contributed by atoms with E-state index in [1.54, 1.807) is 0 Å². The largest absolute Gasteiger partial charge is 0.456 e. The molecule has 0 radical (unpaired) electrons. The van der Waals surface area contributed by atoms with Gasteiger partial charge in [-0.15, -0.1) is 0 Å². The Morgan fingerprint density at radius 3 is 1.53 bits per heavy atom. The monoisotopic (exact) mass is 730 g/mol. The molecule has 8 aromatic carbocycles. The molecule has 6 heteroatoms. The van der Waals surface area contributed by atoms with Crippen LogP contribution in [-0.2, 0) is 0 Å². The van der Waals surface area contributed by atoms with Gasteiger partial charge < -0.3 is 13.4 Å². The molecule has 0 spiro atoms. The van der Waals surface area contributed by atoms with Gasteiger partial charge >= 0.3 is 0 Å². The molecule has 0 fully saturated rings. The van der Waals surface area contributed by atoms with Crippen LogP contribution in [0, 0.1) is 0 Å². The second-order valence-electron chi connectivity index (χ2n) is 14.4. The summed E-state index contributed by atoms with van der Waals surface area (Å²) < 4.78 is 15.4. The molecule has 0 saturated heterocycles. The lowest BCUT2D eigenvalue weighted by Crippen LogP contribution is -2.00. The van der Waals surface area contributed by atoms with Crippen molar-refractivity contribution in [3.05, 3.63) is 182 Å². The quantitative estimate of drug-likeness (QED) is 0.176. The van der Waals surface area contributed by atoms with Crippen LogP contribution in [0.4, 0.5) is 0 Å². The lowest BCUT2D eigenvalue weighted by Gasteiger charge is -2.10. The fourth-order valence-corrected chi connectivity index (χ4v) is 8.39. The average Bonchev–Trinajstić information content (AvgIpc) is 3.95. The van der Waals surface area contributed by atoms with Crippen LogP contribution >= 0.6 is 0 Å². The van der Waals surface area contributed by atoms with Crippen LogP contribution in [0.2, 0.25) is 0 Å². The maximum Gasteiger partial charge on any atom is 0.164 e. The van der Waals surface area contributed by atoms with E-state index in [-0.39, 0.29) is 0 Å². The Morgan fingerprint density at radius 2 is 0.842 bits per heavy atom. The van der Waals surface area contributed by atoms with Gasteiger partial charge in [-0.3, -0.25) is 0 Å². The fourth-order valence-electron chi connectivity index (χ4n) is 8.39. The van der Waals surface area contributed by atoms with Gasteiger partial charge in [0.05, 0.1) is 22.1 Å². The summed E-state index contributed by atoms with van der Waals surface area (Å²) >= 11 is 0. The van der Waals surface area contributed by atoms with Crippen LogP contribution < -0.4 is 0 Å². The second kappa shape index (κ2) is 12.3. The molecule has 0 aliphatic heterocycles. The molecule has 0 aliphatic rings. The van der Waals surface area contributed by atoms with Crippen molar-refractivity contribution in [2.24, 2.45) is 0 Å². The zero-order valence-electron chi connectivity index (χ0n) is 30.4. The van der Waals surface area contributed by atoms with Crippen LogP contribution in [0.15, 0.2) is 191 Å². The van der Waals surface area contributed by atoms with Crippen molar-refractivity contribution in [1.29, 1.82) is 0 Å². The molecule has 0 aliphatic carbocycles. The Labute approximate surface area is 325 Å². The second-order valence-corrected chi connectivity index (χ2v) is 14.4. The third-order valence-electron chi connectivity index (χ3n) is 11.1. The van der Waals surface area contributed by atoms with E-state index in [2.05, 4.69) is 114 Å². The smallest absolute Gasteiger partial charge is 0.164 e. The Bertz CT molecular complexity index is 3410. The molecule has 0 N–H and O–H groups in total. The van der Waals surface area contributed by atoms with E-state index in [1.165, 1.54) is 21.8 Å². The van der Waals surface area contributed by atoms with Crippen LogP contribution in [0.25, 0.3) is 117 Å². The van der Waals surface area contributed by atoms with E-state index in [9.17, 15) is 0 Å².